The lowest BCUT2D eigenvalue weighted by atomic mass is 10.3. The van der Waals surface area contributed by atoms with Gasteiger partial charge in [0.25, 0.3) is 5.91 Å². The maximum absolute atomic E-state index is 12.1. The zero-order chi connectivity index (χ0) is 18.6. The molecule has 1 aliphatic rings. The summed E-state index contributed by atoms with van der Waals surface area (Å²) in [6.07, 6.45) is 1.18. The summed E-state index contributed by atoms with van der Waals surface area (Å²) >= 11 is 1.64. The third-order valence-corrected chi connectivity index (χ3v) is 4.94. The fourth-order valence-electron chi connectivity index (χ4n) is 2.69. The molecule has 3 heterocycles. The van der Waals surface area contributed by atoms with E-state index in [-0.39, 0.29) is 24.3 Å². The second-order valence-corrected chi connectivity index (χ2v) is 7.29. The summed E-state index contributed by atoms with van der Waals surface area (Å²) < 4.78 is 22.9. The molecule has 1 amide bonds. The Labute approximate surface area is 159 Å². The first-order valence-electron chi connectivity index (χ1n) is 8.59. The van der Waals surface area contributed by atoms with E-state index < -0.39 is 0 Å². The van der Waals surface area contributed by atoms with Gasteiger partial charge in [0.05, 0.1) is 41.1 Å². The Morgan fingerprint density at radius 1 is 1.37 bits per heavy atom. The number of carbonyl (C=O) groups excluding carboxylic acids is 1. The van der Waals surface area contributed by atoms with Crippen molar-refractivity contribution >= 4 is 27.5 Å². The molecule has 1 aromatic carbocycles. The van der Waals surface area contributed by atoms with Crippen molar-refractivity contribution in [3.05, 3.63) is 41.1 Å². The van der Waals surface area contributed by atoms with Crippen molar-refractivity contribution in [3.8, 4) is 5.75 Å². The minimum Gasteiger partial charge on any atom is -0.484 e. The fourth-order valence-corrected chi connectivity index (χ4v) is 3.50. The molecule has 1 saturated heterocycles. The zero-order valence-electron chi connectivity index (χ0n) is 14.8. The standard InChI is InChI=1S/C18H19N3O5S/c1-11-20-14-6-12(2-3-16(14)27-11)25-10-17-21-15(9-26-17)18(22)19-7-13-8-23-4-5-24-13/h2-3,6,9,13H,4-5,7-8,10H2,1H3,(H,19,22)/t13-/m1/s1. The first-order valence-corrected chi connectivity index (χ1v) is 9.41. The van der Waals surface area contributed by atoms with Gasteiger partial charge in [0.1, 0.15) is 12.0 Å². The highest BCUT2D eigenvalue weighted by Gasteiger charge is 2.18. The molecular formula is C18H19N3O5S. The lowest BCUT2D eigenvalue weighted by Crippen LogP contribution is -2.39. The highest BCUT2D eigenvalue weighted by molar-refractivity contribution is 7.18. The Hall–Kier alpha value is -2.49. The summed E-state index contributed by atoms with van der Waals surface area (Å²) in [7, 11) is 0. The molecule has 2 aromatic heterocycles. The molecule has 3 aromatic rings. The van der Waals surface area contributed by atoms with Gasteiger partial charge in [-0.25, -0.2) is 9.97 Å². The van der Waals surface area contributed by atoms with E-state index in [0.29, 0.717) is 38.0 Å². The molecule has 1 aliphatic heterocycles. The normalized spacial score (nSPS) is 17.1. The number of carbonyl (C=O) groups is 1. The Balaban J connectivity index is 1.30. The second kappa shape index (κ2) is 8.03. The van der Waals surface area contributed by atoms with Crippen LogP contribution in [0.2, 0.25) is 0 Å². The monoisotopic (exact) mass is 389 g/mol. The molecule has 1 fully saturated rings. The summed E-state index contributed by atoms with van der Waals surface area (Å²) in [5.41, 5.74) is 1.10. The molecule has 8 nitrogen and oxygen atoms in total. The van der Waals surface area contributed by atoms with Crippen LogP contribution in [0.15, 0.2) is 28.9 Å². The van der Waals surface area contributed by atoms with Gasteiger partial charge in [0.15, 0.2) is 12.3 Å². The van der Waals surface area contributed by atoms with Gasteiger partial charge in [-0.1, -0.05) is 0 Å². The number of aromatic nitrogens is 2. The molecule has 142 valence electrons. The van der Waals surface area contributed by atoms with Crippen molar-refractivity contribution in [2.24, 2.45) is 0 Å². The lowest BCUT2D eigenvalue weighted by molar-refractivity contribution is -0.0855. The van der Waals surface area contributed by atoms with E-state index in [0.717, 1.165) is 15.2 Å². The van der Waals surface area contributed by atoms with Gasteiger partial charge in [0, 0.05) is 12.6 Å². The molecule has 0 unspecified atom stereocenters. The Morgan fingerprint density at radius 3 is 3.15 bits per heavy atom. The predicted octanol–water partition coefficient (Wildman–Crippen LogP) is 2.32. The Bertz CT molecular complexity index is 932. The Morgan fingerprint density at radius 2 is 2.30 bits per heavy atom. The number of thiazole rings is 1. The summed E-state index contributed by atoms with van der Waals surface area (Å²) in [4.78, 5) is 20.8. The molecule has 0 aliphatic carbocycles. The third-order valence-electron chi connectivity index (χ3n) is 3.99. The number of amides is 1. The van der Waals surface area contributed by atoms with Crippen molar-refractivity contribution in [3.63, 3.8) is 0 Å². The number of rotatable bonds is 6. The second-order valence-electron chi connectivity index (χ2n) is 6.06. The topological polar surface area (TPSA) is 95.7 Å². The Kier molecular flexibility index (Phi) is 5.33. The molecule has 0 saturated carbocycles. The molecule has 9 heteroatoms. The van der Waals surface area contributed by atoms with Gasteiger partial charge in [-0.15, -0.1) is 11.3 Å². The lowest BCUT2D eigenvalue weighted by Gasteiger charge is -2.22. The highest BCUT2D eigenvalue weighted by atomic mass is 32.1. The van der Waals surface area contributed by atoms with E-state index >= 15 is 0 Å². The smallest absolute Gasteiger partial charge is 0.273 e. The third kappa shape index (κ3) is 4.44. The van der Waals surface area contributed by atoms with Crippen LogP contribution < -0.4 is 10.1 Å². The minimum atomic E-state index is -0.321. The number of hydrogen-bond donors (Lipinski definition) is 1. The average molecular weight is 389 g/mol. The van der Waals surface area contributed by atoms with E-state index in [1.807, 2.05) is 25.1 Å². The van der Waals surface area contributed by atoms with Crippen LogP contribution in [-0.2, 0) is 16.1 Å². The maximum atomic E-state index is 12.1. The van der Waals surface area contributed by atoms with E-state index in [1.54, 1.807) is 11.3 Å². The molecule has 4 rings (SSSR count). The number of hydrogen-bond acceptors (Lipinski definition) is 8. The number of nitrogens with zero attached hydrogens (tertiary/aromatic N) is 2. The summed E-state index contributed by atoms with van der Waals surface area (Å²) in [6, 6.07) is 5.73. The highest BCUT2D eigenvalue weighted by Crippen LogP contribution is 2.25. The van der Waals surface area contributed by atoms with Gasteiger partial charge in [0.2, 0.25) is 5.89 Å². The largest absolute Gasteiger partial charge is 0.484 e. The van der Waals surface area contributed by atoms with E-state index in [2.05, 4.69) is 15.3 Å². The first-order chi connectivity index (χ1) is 13.2. The summed E-state index contributed by atoms with van der Waals surface area (Å²) in [6.45, 7) is 4.06. The van der Waals surface area contributed by atoms with Crippen molar-refractivity contribution in [2.45, 2.75) is 19.6 Å². The van der Waals surface area contributed by atoms with Crippen molar-refractivity contribution in [2.75, 3.05) is 26.4 Å². The van der Waals surface area contributed by atoms with Crippen LogP contribution in [0.5, 0.6) is 5.75 Å². The van der Waals surface area contributed by atoms with Gasteiger partial charge < -0.3 is 23.9 Å². The molecule has 0 radical (unpaired) electrons. The SMILES string of the molecule is Cc1nc2cc(OCc3nc(C(=O)NC[C@@H]4COCCO4)co3)ccc2s1. The quantitative estimate of drug-likeness (QED) is 0.691. The van der Waals surface area contributed by atoms with Crippen LogP contribution in [0.1, 0.15) is 21.4 Å². The number of oxazole rings is 1. The molecular weight excluding hydrogens is 370 g/mol. The van der Waals surface area contributed by atoms with Gasteiger partial charge >= 0.3 is 0 Å². The van der Waals surface area contributed by atoms with Crippen molar-refractivity contribution in [1.82, 2.24) is 15.3 Å². The van der Waals surface area contributed by atoms with Crippen molar-refractivity contribution in [1.29, 1.82) is 0 Å². The van der Waals surface area contributed by atoms with Crippen LogP contribution in [0.4, 0.5) is 0 Å². The van der Waals surface area contributed by atoms with Crippen molar-refractivity contribution < 1.29 is 23.4 Å². The van der Waals surface area contributed by atoms with Gasteiger partial charge in [-0.05, 0) is 19.1 Å². The number of ether oxygens (including phenoxy) is 3. The van der Waals surface area contributed by atoms with Crippen LogP contribution >= 0.6 is 11.3 Å². The average Bonchev–Trinajstić information content (AvgIpc) is 3.30. The van der Waals surface area contributed by atoms with Crippen LogP contribution in [0.25, 0.3) is 10.2 Å². The predicted molar refractivity (Wildman–Crippen MR) is 98.1 cm³/mol. The molecule has 1 N–H and O–H groups in total. The van der Waals surface area contributed by atoms with Crippen LogP contribution in [-0.4, -0.2) is 48.3 Å². The number of fused-ring (bicyclic) bond motifs is 1. The van der Waals surface area contributed by atoms with Crippen LogP contribution in [0.3, 0.4) is 0 Å². The zero-order valence-corrected chi connectivity index (χ0v) is 15.6. The molecule has 0 spiro atoms. The number of benzene rings is 1. The first kappa shape index (κ1) is 17.9. The van der Waals surface area contributed by atoms with E-state index in [9.17, 15) is 4.79 Å². The molecule has 1 atom stereocenters. The van der Waals surface area contributed by atoms with E-state index in [4.69, 9.17) is 18.6 Å². The van der Waals surface area contributed by atoms with Gasteiger partial charge in [-0.2, -0.15) is 0 Å². The molecule has 27 heavy (non-hydrogen) atoms. The minimum absolute atomic E-state index is 0.126. The summed E-state index contributed by atoms with van der Waals surface area (Å²) in [5.74, 6) is 0.678. The van der Waals surface area contributed by atoms with E-state index in [1.165, 1.54) is 6.26 Å². The number of nitrogens with one attached hydrogen (secondary N) is 1. The van der Waals surface area contributed by atoms with Gasteiger partial charge in [-0.3, -0.25) is 4.79 Å². The summed E-state index contributed by atoms with van der Waals surface area (Å²) in [5, 5.41) is 3.77. The number of aryl methyl sites for hydroxylation is 1. The maximum Gasteiger partial charge on any atom is 0.273 e. The fraction of sp³-hybridized carbons (Fsp3) is 0.389. The van der Waals surface area contributed by atoms with Crippen LogP contribution in [0, 0.1) is 6.92 Å². The molecule has 0 bridgehead atoms.